The Labute approximate surface area is 116 Å². The van der Waals surface area contributed by atoms with Crippen molar-refractivity contribution in [2.45, 2.75) is 44.8 Å². The lowest BCUT2D eigenvalue weighted by atomic mass is 9.83. The highest BCUT2D eigenvalue weighted by Gasteiger charge is 2.32. The van der Waals surface area contributed by atoms with Crippen LogP contribution >= 0.6 is 0 Å². The molecule has 0 saturated heterocycles. The Morgan fingerprint density at radius 1 is 1.42 bits per heavy atom. The van der Waals surface area contributed by atoms with Crippen molar-refractivity contribution in [3.05, 3.63) is 35.4 Å². The summed E-state index contributed by atoms with van der Waals surface area (Å²) in [4.78, 5) is 2.49. The highest BCUT2D eigenvalue weighted by molar-refractivity contribution is 5.33. The van der Waals surface area contributed by atoms with Gasteiger partial charge in [-0.05, 0) is 37.4 Å². The van der Waals surface area contributed by atoms with Crippen molar-refractivity contribution in [2.75, 3.05) is 20.3 Å². The maximum Gasteiger partial charge on any atom is 0.0615 e. The molecule has 1 aromatic carbocycles. The van der Waals surface area contributed by atoms with Gasteiger partial charge in [-0.15, -0.1) is 0 Å². The Hall–Kier alpha value is -0.900. The number of methoxy groups -OCH3 is 1. The van der Waals surface area contributed by atoms with E-state index in [1.807, 2.05) is 0 Å². The van der Waals surface area contributed by atoms with Crippen LogP contribution in [0.2, 0.25) is 0 Å². The van der Waals surface area contributed by atoms with Crippen LogP contribution in [-0.2, 0) is 11.2 Å². The summed E-state index contributed by atoms with van der Waals surface area (Å²) in [7, 11) is 1.76. The molecule has 0 amide bonds. The van der Waals surface area contributed by atoms with Gasteiger partial charge >= 0.3 is 0 Å². The SMILES string of the molecule is CCN(C(C)COC)C1CCc2ccccc2C1N. The monoisotopic (exact) mass is 262 g/mol. The highest BCUT2D eigenvalue weighted by Crippen LogP contribution is 2.32. The zero-order valence-electron chi connectivity index (χ0n) is 12.3. The average molecular weight is 262 g/mol. The van der Waals surface area contributed by atoms with Crippen molar-refractivity contribution < 1.29 is 4.74 Å². The van der Waals surface area contributed by atoms with E-state index in [0.29, 0.717) is 12.1 Å². The molecule has 2 N–H and O–H groups in total. The number of rotatable bonds is 5. The van der Waals surface area contributed by atoms with Gasteiger partial charge in [0.2, 0.25) is 0 Å². The Balaban J connectivity index is 2.18. The van der Waals surface area contributed by atoms with Crippen LogP contribution in [0.1, 0.15) is 37.4 Å². The molecule has 0 bridgehead atoms. The van der Waals surface area contributed by atoms with Gasteiger partial charge in [0.15, 0.2) is 0 Å². The van der Waals surface area contributed by atoms with Crippen LogP contribution in [-0.4, -0.2) is 37.2 Å². The minimum Gasteiger partial charge on any atom is -0.383 e. The molecule has 0 fully saturated rings. The van der Waals surface area contributed by atoms with E-state index >= 15 is 0 Å². The molecular formula is C16H26N2O. The fourth-order valence-corrected chi connectivity index (χ4v) is 3.36. The van der Waals surface area contributed by atoms with Crippen molar-refractivity contribution in [3.8, 4) is 0 Å². The zero-order chi connectivity index (χ0) is 13.8. The predicted molar refractivity (Wildman–Crippen MR) is 79.2 cm³/mol. The Kier molecular flexibility index (Phi) is 4.97. The number of fused-ring (bicyclic) bond motifs is 1. The van der Waals surface area contributed by atoms with Crippen LogP contribution in [0.5, 0.6) is 0 Å². The molecule has 1 aliphatic rings. The van der Waals surface area contributed by atoms with Gasteiger partial charge in [-0.1, -0.05) is 31.2 Å². The molecule has 3 atom stereocenters. The Morgan fingerprint density at radius 2 is 2.16 bits per heavy atom. The number of nitrogens with zero attached hydrogens (tertiary/aromatic N) is 1. The van der Waals surface area contributed by atoms with Crippen LogP contribution in [0, 0.1) is 0 Å². The van der Waals surface area contributed by atoms with Crippen LogP contribution in [0.3, 0.4) is 0 Å². The number of likely N-dealkylation sites (N-methyl/N-ethyl adjacent to an activating group) is 1. The largest absolute Gasteiger partial charge is 0.383 e. The molecule has 0 radical (unpaired) electrons. The smallest absolute Gasteiger partial charge is 0.0615 e. The van der Waals surface area contributed by atoms with E-state index in [4.69, 9.17) is 10.5 Å². The molecule has 3 heteroatoms. The van der Waals surface area contributed by atoms with Gasteiger partial charge in [0.05, 0.1) is 6.61 Å². The average Bonchev–Trinajstić information content (AvgIpc) is 2.43. The third-order valence-electron chi connectivity index (χ3n) is 4.30. The van der Waals surface area contributed by atoms with Crippen LogP contribution < -0.4 is 5.73 Å². The molecule has 3 unspecified atom stereocenters. The molecule has 0 aliphatic heterocycles. The molecule has 2 rings (SSSR count). The molecule has 0 heterocycles. The third-order valence-corrected chi connectivity index (χ3v) is 4.30. The van der Waals surface area contributed by atoms with Gasteiger partial charge in [0.1, 0.15) is 0 Å². The van der Waals surface area contributed by atoms with E-state index in [1.165, 1.54) is 11.1 Å². The van der Waals surface area contributed by atoms with Crippen molar-refractivity contribution >= 4 is 0 Å². The first kappa shape index (κ1) is 14.5. The van der Waals surface area contributed by atoms with E-state index in [9.17, 15) is 0 Å². The number of benzene rings is 1. The van der Waals surface area contributed by atoms with E-state index < -0.39 is 0 Å². The molecule has 0 aromatic heterocycles. The first-order valence-corrected chi connectivity index (χ1v) is 7.27. The number of ether oxygens (including phenoxy) is 1. The normalized spacial score (nSPS) is 24.3. The summed E-state index contributed by atoms with van der Waals surface area (Å²) in [5.41, 5.74) is 9.26. The molecule has 3 nitrogen and oxygen atoms in total. The fourth-order valence-electron chi connectivity index (χ4n) is 3.36. The third kappa shape index (κ3) is 2.99. The summed E-state index contributed by atoms with van der Waals surface area (Å²) >= 11 is 0. The summed E-state index contributed by atoms with van der Waals surface area (Å²) in [6, 6.07) is 9.54. The van der Waals surface area contributed by atoms with Crippen molar-refractivity contribution in [3.63, 3.8) is 0 Å². The molecular weight excluding hydrogens is 236 g/mol. The van der Waals surface area contributed by atoms with Gasteiger partial charge in [-0.3, -0.25) is 4.90 Å². The first-order chi connectivity index (χ1) is 9.19. The zero-order valence-corrected chi connectivity index (χ0v) is 12.3. The van der Waals surface area contributed by atoms with Gasteiger partial charge in [-0.2, -0.15) is 0 Å². The number of nitrogens with two attached hydrogens (primary N) is 1. The second kappa shape index (κ2) is 6.51. The molecule has 19 heavy (non-hydrogen) atoms. The number of aryl methyl sites for hydroxylation is 1. The van der Waals surface area contributed by atoms with E-state index in [0.717, 1.165) is 26.0 Å². The lowest BCUT2D eigenvalue weighted by Crippen LogP contribution is -2.50. The number of hydrogen-bond donors (Lipinski definition) is 1. The lowest BCUT2D eigenvalue weighted by molar-refractivity contribution is 0.0579. The maximum atomic E-state index is 6.52. The summed E-state index contributed by atoms with van der Waals surface area (Å²) in [6.07, 6.45) is 2.27. The molecule has 1 aromatic rings. The quantitative estimate of drug-likeness (QED) is 0.885. The van der Waals surface area contributed by atoms with Crippen LogP contribution in [0.4, 0.5) is 0 Å². The van der Waals surface area contributed by atoms with E-state index in [2.05, 4.69) is 43.0 Å². The second-order valence-corrected chi connectivity index (χ2v) is 5.47. The Bertz CT molecular complexity index is 407. The van der Waals surface area contributed by atoms with Gasteiger partial charge in [0, 0.05) is 25.2 Å². The van der Waals surface area contributed by atoms with E-state index in [1.54, 1.807) is 7.11 Å². The molecule has 106 valence electrons. The summed E-state index contributed by atoms with van der Waals surface area (Å²) in [5, 5.41) is 0. The Morgan fingerprint density at radius 3 is 2.84 bits per heavy atom. The summed E-state index contributed by atoms with van der Waals surface area (Å²) in [5.74, 6) is 0. The molecule has 0 spiro atoms. The second-order valence-electron chi connectivity index (χ2n) is 5.47. The highest BCUT2D eigenvalue weighted by atomic mass is 16.5. The van der Waals surface area contributed by atoms with E-state index in [-0.39, 0.29) is 6.04 Å². The lowest BCUT2D eigenvalue weighted by Gasteiger charge is -2.41. The summed E-state index contributed by atoms with van der Waals surface area (Å²) < 4.78 is 5.30. The van der Waals surface area contributed by atoms with Crippen molar-refractivity contribution in [2.24, 2.45) is 5.73 Å². The van der Waals surface area contributed by atoms with Crippen LogP contribution in [0.25, 0.3) is 0 Å². The molecule has 1 aliphatic carbocycles. The van der Waals surface area contributed by atoms with Gasteiger partial charge in [-0.25, -0.2) is 0 Å². The first-order valence-electron chi connectivity index (χ1n) is 7.27. The van der Waals surface area contributed by atoms with Crippen molar-refractivity contribution in [1.82, 2.24) is 4.90 Å². The number of hydrogen-bond acceptors (Lipinski definition) is 3. The predicted octanol–water partition coefficient (Wildman–Crippen LogP) is 2.36. The molecule has 0 saturated carbocycles. The minimum atomic E-state index is 0.115. The standard InChI is InChI=1S/C16H26N2O/c1-4-18(12(2)11-19-3)15-10-9-13-7-5-6-8-14(13)16(15)17/h5-8,12,15-16H,4,9-11,17H2,1-3H3. The van der Waals surface area contributed by atoms with Gasteiger partial charge in [0.25, 0.3) is 0 Å². The van der Waals surface area contributed by atoms with Crippen LogP contribution in [0.15, 0.2) is 24.3 Å². The fraction of sp³-hybridized carbons (Fsp3) is 0.625. The summed E-state index contributed by atoms with van der Waals surface area (Å²) in [6.45, 7) is 6.21. The maximum absolute atomic E-state index is 6.52. The minimum absolute atomic E-state index is 0.115. The van der Waals surface area contributed by atoms with Gasteiger partial charge < -0.3 is 10.5 Å². The van der Waals surface area contributed by atoms with Crippen molar-refractivity contribution in [1.29, 1.82) is 0 Å². The topological polar surface area (TPSA) is 38.5 Å².